The monoisotopic (exact) mass is 307 g/mol. The van der Waals surface area contributed by atoms with Crippen molar-refractivity contribution in [1.82, 2.24) is 5.32 Å². The molecule has 6 heteroatoms. The van der Waals surface area contributed by atoms with Crippen molar-refractivity contribution in [2.75, 3.05) is 23.7 Å². The first-order valence-corrected chi connectivity index (χ1v) is 7.52. The average molecular weight is 307 g/mol. The van der Waals surface area contributed by atoms with Crippen LogP contribution in [-0.4, -0.2) is 35.9 Å². The molecule has 1 aliphatic heterocycles. The number of benzene rings is 1. The fourth-order valence-corrected chi connectivity index (χ4v) is 2.61. The van der Waals surface area contributed by atoms with Gasteiger partial charge < -0.3 is 25.8 Å². The van der Waals surface area contributed by atoms with Crippen LogP contribution in [0.5, 0.6) is 0 Å². The highest BCUT2D eigenvalue weighted by atomic mass is 16.6. The highest BCUT2D eigenvalue weighted by Crippen LogP contribution is 2.26. The normalized spacial score (nSPS) is 18.4. The Balaban J connectivity index is 1.97. The molecule has 0 radical (unpaired) electrons. The van der Waals surface area contributed by atoms with Crippen molar-refractivity contribution in [2.24, 2.45) is 0 Å². The molecule has 0 aromatic heterocycles. The molecule has 1 heterocycles. The van der Waals surface area contributed by atoms with Crippen LogP contribution >= 0.6 is 0 Å². The number of hydrogen-bond donors (Lipinski definition) is 3. The van der Waals surface area contributed by atoms with Crippen molar-refractivity contribution in [1.29, 1.82) is 0 Å². The van der Waals surface area contributed by atoms with Gasteiger partial charge in [-0.3, -0.25) is 0 Å². The van der Waals surface area contributed by atoms with Crippen molar-refractivity contribution in [3.63, 3.8) is 0 Å². The number of hydrogen-bond acceptors (Lipinski definition) is 5. The Hall–Kier alpha value is -1.95. The minimum Gasteiger partial charge on any atom is -0.444 e. The zero-order valence-electron chi connectivity index (χ0n) is 13.4. The number of nitrogens with zero attached hydrogens (tertiary/aromatic N) is 1. The molecule has 122 valence electrons. The SMILES string of the molecule is CC(C)(C)OC(=O)N[C@@H]1CCN(c2ccc(N)cc2CO)C1. The second-order valence-corrected chi connectivity index (χ2v) is 6.62. The predicted molar refractivity (Wildman–Crippen MR) is 86.8 cm³/mol. The van der Waals surface area contributed by atoms with E-state index in [-0.39, 0.29) is 18.7 Å². The van der Waals surface area contributed by atoms with Crippen LogP contribution < -0.4 is 16.0 Å². The number of anilines is 2. The quantitative estimate of drug-likeness (QED) is 0.742. The third-order valence-electron chi connectivity index (χ3n) is 3.52. The minimum atomic E-state index is -0.497. The number of rotatable bonds is 3. The van der Waals surface area contributed by atoms with Crippen LogP contribution in [0.1, 0.15) is 32.8 Å². The first-order valence-electron chi connectivity index (χ1n) is 7.52. The molecule has 4 N–H and O–H groups in total. The van der Waals surface area contributed by atoms with Crippen molar-refractivity contribution in [3.05, 3.63) is 23.8 Å². The van der Waals surface area contributed by atoms with Gasteiger partial charge in [0.25, 0.3) is 0 Å². The molecule has 0 unspecified atom stereocenters. The Labute approximate surface area is 131 Å². The molecule has 0 spiro atoms. The van der Waals surface area contributed by atoms with E-state index in [4.69, 9.17) is 10.5 Å². The van der Waals surface area contributed by atoms with Crippen molar-refractivity contribution < 1.29 is 14.6 Å². The minimum absolute atomic E-state index is 0.0407. The van der Waals surface area contributed by atoms with Gasteiger partial charge in [-0.2, -0.15) is 0 Å². The molecule has 1 atom stereocenters. The predicted octanol–water partition coefficient (Wildman–Crippen LogP) is 1.86. The number of carbonyl (C=O) groups is 1. The number of carbonyl (C=O) groups excluding carboxylic acids is 1. The van der Waals surface area contributed by atoms with E-state index in [1.54, 1.807) is 6.07 Å². The van der Waals surface area contributed by atoms with Crippen LogP contribution in [0.25, 0.3) is 0 Å². The summed E-state index contributed by atoms with van der Waals surface area (Å²) in [6.07, 6.45) is 0.452. The van der Waals surface area contributed by atoms with Crippen molar-refractivity contribution in [3.8, 4) is 0 Å². The van der Waals surface area contributed by atoms with Gasteiger partial charge in [0.1, 0.15) is 5.60 Å². The number of aliphatic hydroxyl groups is 1. The second-order valence-electron chi connectivity index (χ2n) is 6.62. The molecule has 0 aliphatic carbocycles. The number of nitrogen functional groups attached to an aromatic ring is 1. The molecular weight excluding hydrogens is 282 g/mol. The standard InChI is InChI=1S/C16H25N3O3/c1-16(2,3)22-15(21)18-13-6-7-19(9-13)14-5-4-12(17)8-11(14)10-20/h4-5,8,13,20H,6-7,9-10,17H2,1-3H3,(H,18,21)/t13-/m1/s1. The van der Waals surface area contributed by atoms with E-state index in [0.717, 1.165) is 24.2 Å². The largest absolute Gasteiger partial charge is 0.444 e. The Morgan fingerprint density at radius 2 is 2.23 bits per heavy atom. The third kappa shape index (κ3) is 4.27. The van der Waals surface area contributed by atoms with Crippen LogP contribution in [0.15, 0.2) is 18.2 Å². The molecule has 2 rings (SSSR count). The summed E-state index contributed by atoms with van der Waals surface area (Å²) in [7, 11) is 0. The van der Waals surface area contributed by atoms with E-state index in [2.05, 4.69) is 10.2 Å². The summed E-state index contributed by atoms with van der Waals surface area (Å²) in [5, 5.41) is 12.4. The highest BCUT2D eigenvalue weighted by molar-refractivity contribution is 5.68. The molecule has 1 fully saturated rings. The van der Waals surface area contributed by atoms with Crippen LogP contribution in [0.4, 0.5) is 16.2 Å². The van der Waals surface area contributed by atoms with E-state index in [9.17, 15) is 9.90 Å². The Morgan fingerprint density at radius 1 is 1.50 bits per heavy atom. The summed E-state index contributed by atoms with van der Waals surface area (Å²) in [6, 6.07) is 5.56. The number of aliphatic hydroxyl groups excluding tert-OH is 1. The number of amides is 1. The van der Waals surface area contributed by atoms with E-state index in [1.807, 2.05) is 32.9 Å². The lowest BCUT2D eigenvalue weighted by molar-refractivity contribution is 0.0509. The molecule has 0 bridgehead atoms. The summed E-state index contributed by atoms with van der Waals surface area (Å²) in [4.78, 5) is 14.0. The Kier molecular flexibility index (Phi) is 4.81. The second kappa shape index (κ2) is 6.44. The molecular formula is C16H25N3O3. The average Bonchev–Trinajstić information content (AvgIpc) is 2.84. The van der Waals surface area contributed by atoms with E-state index < -0.39 is 5.60 Å². The van der Waals surface area contributed by atoms with Crippen LogP contribution in [0, 0.1) is 0 Å². The van der Waals surface area contributed by atoms with Gasteiger partial charge in [-0.15, -0.1) is 0 Å². The van der Waals surface area contributed by atoms with E-state index in [0.29, 0.717) is 12.2 Å². The van der Waals surface area contributed by atoms with Gasteiger partial charge in [-0.05, 0) is 45.4 Å². The molecule has 1 aromatic carbocycles. The highest BCUT2D eigenvalue weighted by Gasteiger charge is 2.27. The fourth-order valence-electron chi connectivity index (χ4n) is 2.61. The van der Waals surface area contributed by atoms with Crippen molar-refractivity contribution in [2.45, 2.75) is 45.4 Å². The van der Waals surface area contributed by atoms with Gasteiger partial charge in [0.2, 0.25) is 0 Å². The lowest BCUT2D eigenvalue weighted by Gasteiger charge is -2.23. The number of ether oxygens (including phenoxy) is 1. The maximum absolute atomic E-state index is 11.8. The lowest BCUT2D eigenvalue weighted by atomic mass is 10.1. The lowest BCUT2D eigenvalue weighted by Crippen LogP contribution is -2.40. The summed E-state index contributed by atoms with van der Waals surface area (Å²) in [6.45, 7) is 6.98. The maximum atomic E-state index is 11.8. The maximum Gasteiger partial charge on any atom is 0.407 e. The molecule has 1 amide bonds. The summed E-state index contributed by atoms with van der Waals surface area (Å²) in [5.74, 6) is 0. The Bertz CT molecular complexity index is 540. The summed E-state index contributed by atoms with van der Waals surface area (Å²) >= 11 is 0. The molecule has 22 heavy (non-hydrogen) atoms. The first-order chi connectivity index (χ1) is 10.3. The fraction of sp³-hybridized carbons (Fsp3) is 0.562. The zero-order chi connectivity index (χ0) is 16.3. The van der Waals surface area contributed by atoms with Crippen LogP contribution in [-0.2, 0) is 11.3 Å². The summed E-state index contributed by atoms with van der Waals surface area (Å²) < 4.78 is 5.28. The molecule has 1 saturated heterocycles. The number of nitrogens with two attached hydrogens (primary N) is 1. The van der Waals surface area contributed by atoms with E-state index in [1.165, 1.54) is 0 Å². The molecule has 1 aromatic rings. The molecule has 0 saturated carbocycles. The van der Waals surface area contributed by atoms with Gasteiger partial charge in [0.15, 0.2) is 0 Å². The zero-order valence-corrected chi connectivity index (χ0v) is 13.4. The van der Waals surface area contributed by atoms with Gasteiger partial charge in [-0.1, -0.05) is 0 Å². The van der Waals surface area contributed by atoms with E-state index >= 15 is 0 Å². The summed E-state index contributed by atoms with van der Waals surface area (Å²) in [5.41, 5.74) is 7.66. The van der Waals surface area contributed by atoms with Crippen molar-refractivity contribution >= 4 is 17.5 Å². The van der Waals surface area contributed by atoms with Crippen LogP contribution in [0.3, 0.4) is 0 Å². The number of nitrogens with one attached hydrogen (secondary N) is 1. The third-order valence-corrected chi connectivity index (χ3v) is 3.52. The van der Waals surface area contributed by atoms with Gasteiger partial charge >= 0.3 is 6.09 Å². The molecule has 6 nitrogen and oxygen atoms in total. The number of alkyl carbamates (subject to hydrolysis) is 1. The van der Waals surface area contributed by atoms with Crippen LogP contribution in [0.2, 0.25) is 0 Å². The Morgan fingerprint density at radius 3 is 2.86 bits per heavy atom. The first kappa shape index (κ1) is 16.4. The topological polar surface area (TPSA) is 87.8 Å². The molecule has 1 aliphatic rings. The van der Waals surface area contributed by atoms with Gasteiger partial charge in [0.05, 0.1) is 12.6 Å². The van der Waals surface area contributed by atoms with Gasteiger partial charge in [-0.25, -0.2) is 4.79 Å². The smallest absolute Gasteiger partial charge is 0.407 e. The van der Waals surface area contributed by atoms with Gasteiger partial charge in [0, 0.05) is 30.0 Å².